The maximum Gasteiger partial charge on any atom is 0.137 e. The fourth-order valence-electron chi connectivity index (χ4n) is 3.42. The molecule has 4 rings (SSSR count). The van der Waals surface area contributed by atoms with Crippen LogP contribution in [0.2, 0.25) is 0 Å². The molecule has 0 radical (unpaired) electrons. The number of phenolic OH excluding ortho intramolecular Hbond substituents is 1. The lowest BCUT2D eigenvalue weighted by molar-refractivity contribution is 0.202. The normalized spacial score (nSPS) is 16.9. The van der Waals surface area contributed by atoms with Gasteiger partial charge in [-0.05, 0) is 60.5 Å². The van der Waals surface area contributed by atoms with Gasteiger partial charge >= 0.3 is 0 Å². The molecule has 1 aromatic heterocycles. The first-order chi connectivity index (χ1) is 11.3. The molecule has 3 aromatic rings. The zero-order valence-corrected chi connectivity index (χ0v) is 12.9. The van der Waals surface area contributed by atoms with Gasteiger partial charge < -0.3 is 5.11 Å². The van der Waals surface area contributed by atoms with E-state index in [4.69, 9.17) is 0 Å². The molecule has 23 heavy (non-hydrogen) atoms. The Kier molecular flexibility index (Phi) is 3.71. The number of benzene rings is 2. The van der Waals surface area contributed by atoms with Crippen LogP contribution in [0, 0.1) is 0 Å². The Hall–Kier alpha value is -2.40. The van der Waals surface area contributed by atoms with Crippen molar-refractivity contribution in [2.24, 2.45) is 0 Å². The summed E-state index contributed by atoms with van der Waals surface area (Å²) >= 11 is 0. The first kappa shape index (κ1) is 14.2. The van der Waals surface area contributed by atoms with Crippen LogP contribution < -0.4 is 0 Å². The van der Waals surface area contributed by atoms with Crippen LogP contribution in [-0.2, 0) is 6.54 Å². The second-order valence-corrected chi connectivity index (χ2v) is 6.29. The van der Waals surface area contributed by atoms with Crippen LogP contribution in [0.25, 0.3) is 10.8 Å². The number of aromatic nitrogens is 3. The highest BCUT2D eigenvalue weighted by Gasteiger charge is 2.22. The van der Waals surface area contributed by atoms with E-state index in [1.54, 1.807) is 12.4 Å². The van der Waals surface area contributed by atoms with E-state index in [0.29, 0.717) is 11.7 Å². The van der Waals surface area contributed by atoms with Crippen LogP contribution in [-0.4, -0.2) is 38.3 Å². The number of nitrogens with zero attached hydrogens (tertiary/aromatic N) is 3. The molecule has 0 bridgehead atoms. The van der Waals surface area contributed by atoms with Crippen molar-refractivity contribution in [2.75, 3.05) is 13.1 Å². The van der Waals surface area contributed by atoms with Crippen LogP contribution in [0.5, 0.6) is 5.75 Å². The number of likely N-dealkylation sites (tertiary alicyclic amines) is 1. The number of piperidine rings is 1. The predicted octanol–water partition coefficient (Wildman–Crippen LogP) is 3.04. The van der Waals surface area contributed by atoms with Crippen molar-refractivity contribution in [2.45, 2.75) is 25.3 Å². The van der Waals surface area contributed by atoms with Crippen LogP contribution in [0.4, 0.5) is 0 Å². The summed E-state index contributed by atoms with van der Waals surface area (Å²) in [6.45, 7) is 3.14. The smallest absolute Gasteiger partial charge is 0.137 e. The number of H-pyrrole nitrogens is 1. The lowest BCUT2D eigenvalue weighted by Crippen LogP contribution is -2.32. The van der Waals surface area contributed by atoms with Gasteiger partial charge in [-0.2, -0.15) is 5.10 Å². The van der Waals surface area contributed by atoms with Gasteiger partial charge in [0.05, 0.1) is 0 Å². The van der Waals surface area contributed by atoms with Crippen molar-refractivity contribution in [3.05, 3.63) is 54.1 Å². The number of aromatic hydroxyl groups is 1. The van der Waals surface area contributed by atoms with E-state index in [1.807, 2.05) is 12.1 Å². The monoisotopic (exact) mass is 308 g/mol. The lowest BCUT2D eigenvalue weighted by atomic mass is 9.95. The van der Waals surface area contributed by atoms with E-state index in [9.17, 15) is 5.11 Å². The third-order valence-corrected chi connectivity index (χ3v) is 4.70. The minimum atomic E-state index is 0.319. The SMILES string of the molecule is Oc1ccc2cc(CN3CCC(c4ncn[nH]4)CC3)ccc2c1. The molecule has 1 saturated heterocycles. The molecule has 0 spiro atoms. The van der Waals surface area contributed by atoms with E-state index < -0.39 is 0 Å². The second-order valence-electron chi connectivity index (χ2n) is 6.29. The summed E-state index contributed by atoms with van der Waals surface area (Å²) in [5.74, 6) is 1.85. The first-order valence-corrected chi connectivity index (χ1v) is 8.07. The Morgan fingerprint density at radius 2 is 1.87 bits per heavy atom. The van der Waals surface area contributed by atoms with E-state index >= 15 is 0 Å². The van der Waals surface area contributed by atoms with E-state index in [-0.39, 0.29) is 0 Å². The molecule has 118 valence electrons. The van der Waals surface area contributed by atoms with Gasteiger partial charge in [-0.3, -0.25) is 10.00 Å². The molecule has 5 nitrogen and oxygen atoms in total. The summed E-state index contributed by atoms with van der Waals surface area (Å²) in [7, 11) is 0. The van der Waals surface area contributed by atoms with Crippen molar-refractivity contribution < 1.29 is 5.11 Å². The Morgan fingerprint density at radius 3 is 2.65 bits per heavy atom. The van der Waals surface area contributed by atoms with Gasteiger partial charge in [0.25, 0.3) is 0 Å². The topological polar surface area (TPSA) is 65.0 Å². The zero-order valence-electron chi connectivity index (χ0n) is 12.9. The fraction of sp³-hybridized carbons (Fsp3) is 0.333. The summed E-state index contributed by atoms with van der Waals surface area (Å²) in [4.78, 5) is 6.78. The number of hydrogen-bond donors (Lipinski definition) is 2. The largest absolute Gasteiger partial charge is 0.508 e. The number of fused-ring (bicyclic) bond motifs is 1. The molecule has 0 aliphatic carbocycles. The minimum Gasteiger partial charge on any atom is -0.508 e. The molecule has 2 N–H and O–H groups in total. The third-order valence-electron chi connectivity index (χ3n) is 4.70. The molecule has 0 saturated carbocycles. The molecule has 0 amide bonds. The zero-order chi connectivity index (χ0) is 15.6. The predicted molar refractivity (Wildman–Crippen MR) is 89.2 cm³/mol. The first-order valence-electron chi connectivity index (χ1n) is 8.07. The van der Waals surface area contributed by atoms with Crippen molar-refractivity contribution in [1.29, 1.82) is 0 Å². The van der Waals surface area contributed by atoms with Gasteiger partial charge in [0, 0.05) is 12.5 Å². The second kappa shape index (κ2) is 6.01. The highest BCUT2D eigenvalue weighted by Crippen LogP contribution is 2.27. The summed E-state index contributed by atoms with van der Waals surface area (Å²) in [6, 6.07) is 12.0. The van der Waals surface area contributed by atoms with E-state index in [0.717, 1.165) is 43.7 Å². The third kappa shape index (κ3) is 3.05. The molecule has 2 heterocycles. The van der Waals surface area contributed by atoms with Crippen molar-refractivity contribution in [3.8, 4) is 5.75 Å². The van der Waals surface area contributed by atoms with Crippen molar-refractivity contribution >= 4 is 10.8 Å². The van der Waals surface area contributed by atoms with Crippen LogP contribution in [0.1, 0.15) is 30.1 Å². The summed E-state index contributed by atoms with van der Waals surface area (Å²) in [5, 5.41) is 18.8. The van der Waals surface area contributed by atoms with Gasteiger partial charge in [-0.1, -0.05) is 18.2 Å². The highest BCUT2D eigenvalue weighted by molar-refractivity contribution is 5.84. The number of phenols is 1. The number of aromatic amines is 1. The Labute approximate surface area is 135 Å². The number of nitrogens with one attached hydrogen (secondary N) is 1. The van der Waals surface area contributed by atoms with Gasteiger partial charge in [-0.25, -0.2) is 4.98 Å². The molecule has 2 aromatic carbocycles. The average molecular weight is 308 g/mol. The number of hydrogen-bond acceptors (Lipinski definition) is 4. The molecular weight excluding hydrogens is 288 g/mol. The molecule has 0 atom stereocenters. The summed E-state index contributed by atoms with van der Waals surface area (Å²) in [5.41, 5.74) is 1.32. The van der Waals surface area contributed by atoms with Crippen LogP contribution >= 0.6 is 0 Å². The van der Waals surface area contributed by atoms with E-state index in [1.165, 1.54) is 10.9 Å². The number of rotatable bonds is 3. The maximum atomic E-state index is 9.54. The molecule has 1 aliphatic heterocycles. The maximum absolute atomic E-state index is 9.54. The highest BCUT2D eigenvalue weighted by atomic mass is 16.3. The summed E-state index contributed by atoms with van der Waals surface area (Å²) < 4.78 is 0. The Bertz CT molecular complexity index is 792. The molecule has 1 aliphatic rings. The van der Waals surface area contributed by atoms with Gasteiger partial charge in [0.15, 0.2) is 0 Å². The molecule has 0 unspecified atom stereocenters. The average Bonchev–Trinajstić information content (AvgIpc) is 3.10. The van der Waals surface area contributed by atoms with Gasteiger partial charge in [-0.15, -0.1) is 0 Å². The van der Waals surface area contributed by atoms with Gasteiger partial charge in [0.2, 0.25) is 0 Å². The lowest BCUT2D eigenvalue weighted by Gasteiger charge is -2.31. The molecule has 1 fully saturated rings. The minimum absolute atomic E-state index is 0.319. The Balaban J connectivity index is 1.42. The fourth-order valence-corrected chi connectivity index (χ4v) is 3.42. The standard InChI is InChI=1S/C18H20N4O/c23-17-4-3-15-9-13(1-2-16(15)10-17)11-22-7-5-14(6-8-22)18-19-12-20-21-18/h1-4,9-10,12,14,23H,5-8,11H2,(H,19,20,21). The Morgan fingerprint density at radius 1 is 1.09 bits per heavy atom. The van der Waals surface area contributed by atoms with Crippen molar-refractivity contribution in [1.82, 2.24) is 20.1 Å². The van der Waals surface area contributed by atoms with Crippen molar-refractivity contribution in [3.63, 3.8) is 0 Å². The van der Waals surface area contributed by atoms with Crippen LogP contribution in [0.15, 0.2) is 42.7 Å². The van der Waals surface area contributed by atoms with Crippen LogP contribution in [0.3, 0.4) is 0 Å². The van der Waals surface area contributed by atoms with Gasteiger partial charge in [0.1, 0.15) is 17.9 Å². The summed E-state index contributed by atoms with van der Waals surface area (Å²) in [6.07, 6.45) is 3.84. The quantitative estimate of drug-likeness (QED) is 0.780. The molecular formula is C18H20N4O. The van der Waals surface area contributed by atoms with E-state index in [2.05, 4.69) is 38.3 Å². The molecule has 5 heteroatoms.